The van der Waals surface area contributed by atoms with Gasteiger partial charge < -0.3 is 0 Å². The number of nitrogens with one attached hydrogen (secondary N) is 1. The number of nitrogens with zero attached hydrogens (tertiary/aromatic N) is 3. The number of carbonyl (C=O) groups excluding carboxylic acids is 1. The molecule has 0 saturated heterocycles. The molecule has 0 radical (unpaired) electrons. The number of fused-ring (bicyclic) bond motifs is 1. The number of halogens is 1. The smallest absolute Gasteiger partial charge is 0.260 e. The van der Waals surface area contributed by atoms with Gasteiger partial charge in [0.1, 0.15) is 11.7 Å². The molecule has 1 amide bonds. The monoisotopic (exact) mass is 416 g/mol. The topological polar surface area (TPSA) is 91.7 Å². The van der Waals surface area contributed by atoms with Gasteiger partial charge in [-0.1, -0.05) is 48.0 Å². The number of amides is 1. The number of benzene rings is 2. The Bertz CT molecular complexity index is 1130. The molecule has 0 aliphatic rings. The van der Waals surface area contributed by atoms with Crippen LogP contribution in [-0.4, -0.2) is 38.3 Å². The molecule has 0 aliphatic carbocycles. The van der Waals surface area contributed by atoms with Crippen LogP contribution in [0.2, 0.25) is 5.15 Å². The molecule has 0 unspecified atom stereocenters. The van der Waals surface area contributed by atoms with Crippen LogP contribution in [0.4, 0.5) is 5.69 Å². The number of sulfonamides is 1. The highest BCUT2D eigenvalue weighted by molar-refractivity contribution is 7.92. The van der Waals surface area contributed by atoms with Gasteiger partial charge in [0.2, 0.25) is 10.0 Å². The molecule has 0 aliphatic heterocycles. The first-order valence-electron chi connectivity index (χ1n) is 8.24. The minimum Gasteiger partial charge on any atom is -0.271 e. The lowest BCUT2D eigenvalue weighted by molar-refractivity contribution is -0.119. The average Bonchev–Trinajstić information content (AvgIpc) is 2.66. The van der Waals surface area contributed by atoms with Crippen LogP contribution in [-0.2, 0) is 14.8 Å². The molecule has 28 heavy (non-hydrogen) atoms. The number of aromatic nitrogens is 1. The highest BCUT2D eigenvalue weighted by Crippen LogP contribution is 2.19. The van der Waals surface area contributed by atoms with E-state index in [1.165, 1.54) is 6.21 Å². The number of hydrazone groups is 1. The van der Waals surface area contributed by atoms with Crippen molar-refractivity contribution >= 4 is 50.3 Å². The van der Waals surface area contributed by atoms with Crippen LogP contribution in [0.1, 0.15) is 5.56 Å². The Morgan fingerprint density at radius 3 is 2.57 bits per heavy atom. The summed E-state index contributed by atoms with van der Waals surface area (Å²) >= 11 is 6.14. The number of anilines is 1. The molecule has 1 aromatic heterocycles. The van der Waals surface area contributed by atoms with Crippen molar-refractivity contribution in [1.82, 2.24) is 10.4 Å². The van der Waals surface area contributed by atoms with Crippen LogP contribution < -0.4 is 9.73 Å². The fourth-order valence-corrected chi connectivity index (χ4v) is 3.58. The molecule has 9 heteroatoms. The summed E-state index contributed by atoms with van der Waals surface area (Å²) in [7, 11) is -3.63. The van der Waals surface area contributed by atoms with Crippen molar-refractivity contribution in [3.05, 3.63) is 71.4 Å². The Morgan fingerprint density at radius 2 is 1.86 bits per heavy atom. The number of rotatable bonds is 6. The molecule has 0 saturated carbocycles. The van der Waals surface area contributed by atoms with Crippen LogP contribution >= 0.6 is 11.6 Å². The minimum absolute atomic E-state index is 0.249. The highest BCUT2D eigenvalue weighted by Gasteiger charge is 2.20. The van der Waals surface area contributed by atoms with Crippen molar-refractivity contribution in [2.45, 2.75) is 0 Å². The van der Waals surface area contributed by atoms with Crippen molar-refractivity contribution in [3.8, 4) is 0 Å². The molecule has 7 nitrogen and oxygen atoms in total. The quantitative estimate of drug-likeness (QED) is 0.380. The zero-order valence-electron chi connectivity index (χ0n) is 14.9. The van der Waals surface area contributed by atoms with Gasteiger partial charge in [-0.2, -0.15) is 5.10 Å². The second-order valence-corrected chi connectivity index (χ2v) is 8.22. The molecule has 144 valence electrons. The van der Waals surface area contributed by atoms with Crippen LogP contribution in [0, 0.1) is 0 Å². The van der Waals surface area contributed by atoms with Gasteiger partial charge in [0, 0.05) is 10.9 Å². The predicted octanol–water partition coefficient (Wildman–Crippen LogP) is 2.80. The van der Waals surface area contributed by atoms with Gasteiger partial charge in [0.05, 0.1) is 23.7 Å². The molecule has 1 N–H and O–H groups in total. The van der Waals surface area contributed by atoms with Crippen LogP contribution in [0.25, 0.3) is 10.9 Å². The Hall–Kier alpha value is -2.97. The van der Waals surface area contributed by atoms with Gasteiger partial charge in [-0.05, 0) is 24.3 Å². The maximum absolute atomic E-state index is 12.2. The number of pyridine rings is 1. The molecule has 0 bridgehead atoms. The maximum Gasteiger partial charge on any atom is 0.260 e. The molecule has 2 aromatic carbocycles. The summed E-state index contributed by atoms with van der Waals surface area (Å²) in [6.45, 7) is -0.399. The van der Waals surface area contributed by atoms with Gasteiger partial charge in [-0.25, -0.2) is 18.8 Å². The maximum atomic E-state index is 12.2. The van der Waals surface area contributed by atoms with E-state index in [1.54, 1.807) is 36.4 Å². The van der Waals surface area contributed by atoms with E-state index in [0.717, 1.165) is 21.5 Å². The summed E-state index contributed by atoms with van der Waals surface area (Å²) in [5, 5.41) is 5.00. The fourth-order valence-electron chi connectivity index (χ4n) is 2.53. The first kappa shape index (κ1) is 19.8. The third kappa shape index (κ3) is 4.85. The zero-order chi connectivity index (χ0) is 20.1. The lowest BCUT2D eigenvalue weighted by Crippen LogP contribution is -2.38. The normalized spacial score (nSPS) is 11.6. The summed E-state index contributed by atoms with van der Waals surface area (Å²) in [4.78, 5) is 16.4. The number of para-hydroxylation sites is 2. The van der Waals surface area contributed by atoms with Crippen molar-refractivity contribution in [1.29, 1.82) is 0 Å². The average molecular weight is 417 g/mol. The molecule has 0 fully saturated rings. The van der Waals surface area contributed by atoms with E-state index in [2.05, 4.69) is 15.5 Å². The summed E-state index contributed by atoms with van der Waals surface area (Å²) in [6.07, 6.45) is 2.41. The minimum atomic E-state index is -3.63. The van der Waals surface area contributed by atoms with E-state index in [1.807, 2.05) is 24.3 Å². The van der Waals surface area contributed by atoms with Gasteiger partial charge in [-0.15, -0.1) is 0 Å². The highest BCUT2D eigenvalue weighted by atomic mass is 35.5. The van der Waals surface area contributed by atoms with E-state index in [0.29, 0.717) is 11.3 Å². The standard InChI is InChI=1S/C19H17ClN4O3S/c1-28(26,27)24(16-8-3-2-4-9-16)13-18(25)23-21-12-15-11-14-7-5-6-10-17(14)22-19(15)20/h2-12H,13H2,1H3,(H,23,25)/b21-12-. The third-order valence-corrected chi connectivity index (χ3v) is 5.27. The largest absolute Gasteiger partial charge is 0.271 e. The first-order valence-corrected chi connectivity index (χ1v) is 10.5. The van der Waals surface area contributed by atoms with Crippen LogP contribution in [0.5, 0.6) is 0 Å². The number of hydrogen-bond acceptors (Lipinski definition) is 5. The third-order valence-electron chi connectivity index (χ3n) is 3.83. The van der Waals surface area contributed by atoms with Crippen molar-refractivity contribution in [2.24, 2.45) is 5.10 Å². The van der Waals surface area contributed by atoms with Crippen LogP contribution in [0.3, 0.4) is 0 Å². The SMILES string of the molecule is CS(=O)(=O)N(CC(=O)N/N=C\c1cc2ccccc2nc1Cl)c1ccccc1. The van der Waals surface area contributed by atoms with Crippen LogP contribution in [0.15, 0.2) is 65.8 Å². The van der Waals surface area contributed by atoms with E-state index in [9.17, 15) is 13.2 Å². The number of carbonyl (C=O) groups is 1. The molecular weight excluding hydrogens is 400 g/mol. The lowest BCUT2D eigenvalue weighted by atomic mass is 10.2. The number of hydrogen-bond donors (Lipinski definition) is 1. The Kier molecular flexibility index (Phi) is 5.91. The molecule has 3 aromatic rings. The summed E-state index contributed by atoms with van der Waals surface area (Å²) in [6, 6.07) is 17.6. The van der Waals surface area contributed by atoms with E-state index in [4.69, 9.17) is 11.6 Å². The molecule has 0 spiro atoms. The van der Waals surface area contributed by atoms with Crippen molar-refractivity contribution in [2.75, 3.05) is 17.1 Å². The second-order valence-electron chi connectivity index (χ2n) is 5.96. The molecule has 3 rings (SSSR count). The first-order chi connectivity index (χ1) is 13.3. The molecule has 0 atom stereocenters. The van der Waals surface area contributed by atoms with Gasteiger partial charge in [-0.3, -0.25) is 9.10 Å². The summed E-state index contributed by atoms with van der Waals surface area (Å²) < 4.78 is 25.0. The van der Waals surface area contributed by atoms with E-state index < -0.39 is 22.5 Å². The second kappa shape index (κ2) is 8.37. The Morgan fingerprint density at radius 1 is 1.18 bits per heavy atom. The summed E-state index contributed by atoms with van der Waals surface area (Å²) in [5.41, 5.74) is 3.99. The van der Waals surface area contributed by atoms with E-state index >= 15 is 0 Å². The Balaban J connectivity index is 1.72. The van der Waals surface area contributed by atoms with Crippen molar-refractivity contribution in [3.63, 3.8) is 0 Å². The lowest BCUT2D eigenvalue weighted by Gasteiger charge is -2.21. The van der Waals surface area contributed by atoms with Crippen molar-refractivity contribution < 1.29 is 13.2 Å². The molecule has 1 heterocycles. The summed E-state index contributed by atoms with van der Waals surface area (Å²) in [5.74, 6) is -0.588. The zero-order valence-corrected chi connectivity index (χ0v) is 16.5. The van der Waals surface area contributed by atoms with Gasteiger partial charge in [0.25, 0.3) is 5.91 Å². The van der Waals surface area contributed by atoms with E-state index in [-0.39, 0.29) is 5.15 Å². The van der Waals surface area contributed by atoms with Gasteiger partial charge >= 0.3 is 0 Å². The fraction of sp³-hybridized carbons (Fsp3) is 0.105. The molecular formula is C19H17ClN4O3S. The predicted molar refractivity (Wildman–Crippen MR) is 111 cm³/mol. The van der Waals surface area contributed by atoms with Gasteiger partial charge in [0.15, 0.2) is 0 Å². The Labute approximate surface area is 167 Å².